The van der Waals surface area contributed by atoms with Crippen LogP contribution in [0.25, 0.3) is 0 Å². The van der Waals surface area contributed by atoms with Crippen molar-refractivity contribution in [2.45, 2.75) is 39.9 Å². The number of carbonyl (C=O) groups excluding carboxylic acids is 1. The van der Waals surface area contributed by atoms with Crippen LogP contribution in [0, 0.1) is 5.92 Å². The van der Waals surface area contributed by atoms with Crippen LogP contribution in [0.2, 0.25) is 0 Å². The Morgan fingerprint density at radius 1 is 1.00 bits per heavy atom. The van der Waals surface area contributed by atoms with E-state index in [9.17, 15) is 4.79 Å². The molecule has 1 aromatic carbocycles. The van der Waals surface area contributed by atoms with Gasteiger partial charge in [0, 0.05) is 0 Å². The van der Waals surface area contributed by atoms with Gasteiger partial charge in [-0.3, -0.25) is 4.79 Å². The molecule has 0 bridgehead atoms. The fourth-order valence-corrected chi connectivity index (χ4v) is 1.48. The zero-order chi connectivity index (χ0) is 15.0. The summed E-state index contributed by atoms with van der Waals surface area (Å²) in [5.41, 5.74) is 0. The SMILES string of the molecule is CC(COC(=O)C(C)C)OCC(C)Oc1ccccc1. The summed E-state index contributed by atoms with van der Waals surface area (Å²) in [6.07, 6.45) is -0.194. The summed E-state index contributed by atoms with van der Waals surface area (Å²) < 4.78 is 16.4. The van der Waals surface area contributed by atoms with Gasteiger partial charge in [0.05, 0.1) is 18.6 Å². The zero-order valence-electron chi connectivity index (χ0n) is 12.7. The zero-order valence-corrected chi connectivity index (χ0v) is 12.7. The molecule has 112 valence electrons. The summed E-state index contributed by atoms with van der Waals surface area (Å²) >= 11 is 0. The number of para-hydroxylation sites is 1. The highest BCUT2D eigenvalue weighted by molar-refractivity contribution is 5.71. The molecular formula is C16H24O4. The first-order valence-electron chi connectivity index (χ1n) is 6.99. The first-order chi connectivity index (χ1) is 9.49. The van der Waals surface area contributed by atoms with Crippen molar-refractivity contribution in [3.63, 3.8) is 0 Å². The van der Waals surface area contributed by atoms with Gasteiger partial charge in [-0.1, -0.05) is 32.0 Å². The van der Waals surface area contributed by atoms with Gasteiger partial charge in [-0.25, -0.2) is 0 Å². The molecular weight excluding hydrogens is 256 g/mol. The summed E-state index contributed by atoms with van der Waals surface area (Å²) in [4.78, 5) is 11.3. The van der Waals surface area contributed by atoms with E-state index in [1.807, 2.05) is 58.0 Å². The Balaban J connectivity index is 2.20. The van der Waals surface area contributed by atoms with Gasteiger partial charge in [-0.15, -0.1) is 0 Å². The minimum absolute atomic E-state index is 0.0550. The van der Waals surface area contributed by atoms with Crippen LogP contribution in [0.15, 0.2) is 30.3 Å². The first-order valence-corrected chi connectivity index (χ1v) is 6.99. The Bertz CT molecular complexity index is 389. The lowest BCUT2D eigenvalue weighted by Gasteiger charge is -2.19. The fourth-order valence-electron chi connectivity index (χ4n) is 1.48. The molecule has 4 heteroatoms. The second kappa shape index (κ2) is 8.59. The van der Waals surface area contributed by atoms with E-state index in [0.717, 1.165) is 5.75 Å². The Hall–Kier alpha value is -1.55. The molecule has 0 amide bonds. The monoisotopic (exact) mass is 280 g/mol. The summed E-state index contributed by atoms with van der Waals surface area (Å²) in [6.45, 7) is 8.17. The van der Waals surface area contributed by atoms with Gasteiger partial charge in [-0.05, 0) is 26.0 Å². The lowest BCUT2D eigenvalue weighted by molar-refractivity contribution is -0.151. The fraction of sp³-hybridized carbons (Fsp3) is 0.562. The van der Waals surface area contributed by atoms with Gasteiger partial charge in [0.1, 0.15) is 18.5 Å². The van der Waals surface area contributed by atoms with Crippen molar-refractivity contribution in [1.29, 1.82) is 0 Å². The molecule has 1 aromatic rings. The van der Waals surface area contributed by atoms with Gasteiger partial charge < -0.3 is 14.2 Å². The molecule has 0 aliphatic carbocycles. The Morgan fingerprint density at radius 3 is 2.25 bits per heavy atom. The van der Waals surface area contributed by atoms with E-state index in [-0.39, 0.29) is 30.7 Å². The molecule has 4 nitrogen and oxygen atoms in total. The van der Waals surface area contributed by atoms with E-state index < -0.39 is 0 Å². The van der Waals surface area contributed by atoms with Crippen molar-refractivity contribution in [2.24, 2.45) is 5.92 Å². The minimum Gasteiger partial charge on any atom is -0.488 e. The van der Waals surface area contributed by atoms with Crippen molar-refractivity contribution in [1.82, 2.24) is 0 Å². The average Bonchev–Trinajstić information content (AvgIpc) is 2.43. The molecule has 0 aromatic heterocycles. The standard InChI is InChI=1S/C16H24O4/c1-12(2)16(17)19-10-13(3)18-11-14(4)20-15-8-6-5-7-9-15/h5-9,12-14H,10-11H2,1-4H3. The number of benzene rings is 1. The molecule has 0 fully saturated rings. The van der Waals surface area contributed by atoms with Crippen LogP contribution in [-0.2, 0) is 14.3 Å². The van der Waals surface area contributed by atoms with Crippen LogP contribution in [0.3, 0.4) is 0 Å². The first kappa shape index (κ1) is 16.5. The van der Waals surface area contributed by atoms with Crippen LogP contribution in [-0.4, -0.2) is 31.4 Å². The summed E-state index contributed by atoms with van der Waals surface area (Å²) in [5, 5.41) is 0. The maximum Gasteiger partial charge on any atom is 0.308 e. The lowest BCUT2D eigenvalue weighted by Crippen LogP contribution is -2.26. The van der Waals surface area contributed by atoms with Gasteiger partial charge in [0.15, 0.2) is 0 Å². The third-order valence-electron chi connectivity index (χ3n) is 2.63. The number of hydrogen-bond acceptors (Lipinski definition) is 4. The minimum atomic E-state index is -0.200. The van der Waals surface area contributed by atoms with E-state index >= 15 is 0 Å². The van der Waals surface area contributed by atoms with Gasteiger partial charge in [-0.2, -0.15) is 0 Å². The summed E-state index contributed by atoms with van der Waals surface area (Å²) in [6, 6.07) is 9.61. The average molecular weight is 280 g/mol. The molecule has 0 heterocycles. The molecule has 2 unspecified atom stereocenters. The van der Waals surface area contributed by atoms with Gasteiger partial charge in [0.25, 0.3) is 0 Å². The molecule has 0 spiro atoms. The normalized spacial score (nSPS) is 13.8. The largest absolute Gasteiger partial charge is 0.488 e. The van der Waals surface area contributed by atoms with E-state index in [4.69, 9.17) is 14.2 Å². The number of ether oxygens (including phenoxy) is 3. The molecule has 2 atom stereocenters. The van der Waals surface area contributed by atoms with E-state index in [2.05, 4.69) is 0 Å². The van der Waals surface area contributed by atoms with Crippen LogP contribution >= 0.6 is 0 Å². The molecule has 1 rings (SSSR count). The molecule has 0 saturated carbocycles. The number of rotatable bonds is 8. The summed E-state index contributed by atoms with van der Waals surface area (Å²) in [5.74, 6) is 0.513. The molecule has 0 radical (unpaired) electrons. The van der Waals surface area contributed by atoms with Crippen molar-refractivity contribution in [3.05, 3.63) is 30.3 Å². The third kappa shape index (κ3) is 6.57. The molecule has 0 N–H and O–H groups in total. The van der Waals surface area contributed by atoms with Crippen LogP contribution in [0.1, 0.15) is 27.7 Å². The second-order valence-corrected chi connectivity index (χ2v) is 5.17. The summed E-state index contributed by atoms with van der Waals surface area (Å²) in [7, 11) is 0. The van der Waals surface area contributed by atoms with Crippen molar-refractivity contribution >= 4 is 5.97 Å². The van der Waals surface area contributed by atoms with Crippen molar-refractivity contribution in [3.8, 4) is 5.75 Å². The number of hydrogen-bond donors (Lipinski definition) is 0. The predicted octanol–water partition coefficient (Wildman–Crippen LogP) is 3.06. The topological polar surface area (TPSA) is 44.8 Å². The quantitative estimate of drug-likeness (QED) is 0.687. The number of esters is 1. The molecule has 0 saturated heterocycles. The molecule has 0 aliphatic rings. The highest BCUT2D eigenvalue weighted by atomic mass is 16.6. The second-order valence-electron chi connectivity index (χ2n) is 5.17. The maximum atomic E-state index is 11.3. The third-order valence-corrected chi connectivity index (χ3v) is 2.63. The van der Waals surface area contributed by atoms with E-state index in [0.29, 0.717) is 6.61 Å². The maximum absolute atomic E-state index is 11.3. The van der Waals surface area contributed by atoms with Crippen LogP contribution in [0.5, 0.6) is 5.75 Å². The Kier molecular flexibility index (Phi) is 7.09. The lowest BCUT2D eigenvalue weighted by atomic mass is 10.2. The van der Waals surface area contributed by atoms with E-state index in [1.54, 1.807) is 0 Å². The molecule has 20 heavy (non-hydrogen) atoms. The Labute approximate surface area is 121 Å². The van der Waals surface area contributed by atoms with Gasteiger partial charge in [0.2, 0.25) is 0 Å². The smallest absolute Gasteiger partial charge is 0.308 e. The highest BCUT2D eigenvalue weighted by Crippen LogP contribution is 2.11. The number of carbonyl (C=O) groups is 1. The van der Waals surface area contributed by atoms with Crippen molar-refractivity contribution in [2.75, 3.05) is 13.2 Å². The Morgan fingerprint density at radius 2 is 1.65 bits per heavy atom. The van der Waals surface area contributed by atoms with Crippen molar-refractivity contribution < 1.29 is 19.0 Å². The van der Waals surface area contributed by atoms with Crippen LogP contribution in [0.4, 0.5) is 0 Å². The van der Waals surface area contributed by atoms with Crippen LogP contribution < -0.4 is 4.74 Å². The van der Waals surface area contributed by atoms with Gasteiger partial charge >= 0.3 is 5.97 Å². The highest BCUT2D eigenvalue weighted by Gasteiger charge is 2.12. The molecule has 0 aliphatic heterocycles. The predicted molar refractivity (Wildman–Crippen MR) is 77.7 cm³/mol. The van der Waals surface area contributed by atoms with E-state index in [1.165, 1.54) is 0 Å².